The third-order valence-electron chi connectivity index (χ3n) is 2.21. The third kappa shape index (κ3) is 3.35. The number of rotatable bonds is 2. The predicted molar refractivity (Wildman–Crippen MR) is 60.2 cm³/mol. The average molecular weight is 206 g/mol. The Morgan fingerprint density at radius 2 is 2.13 bits per heavy atom. The van der Waals surface area contributed by atoms with Gasteiger partial charge < -0.3 is 5.32 Å². The van der Waals surface area contributed by atoms with Crippen LogP contribution in [0.25, 0.3) is 0 Å². The first-order chi connectivity index (χ1) is 6.91. The molecular formula is C12H18N2O. The van der Waals surface area contributed by atoms with Gasteiger partial charge in [-0.25, -0.2) is 0 Å². The first-order valence-corrected chi connectivity index (χ1v) is 5.12. The lowest BCUT2D eigenvalue weighted by Crippen LogP contribution is -2.36. The highest BCUT2D eigenvalue weighted by Crippen LogP contribution is 2.16. The molecule has 0 unspecified atom stereocenters. The van der Waals surface area contributed by atoms with Crippen molar-refractivity contribution in [2.45, 2.75) is 33.7 Å². The van der Waals surface area contributed by atoms with Crippen molar-refractivity contribution in [3.05, 3.63) is 30.1 Å². The summed E-state index contributed by atoms with van der Waals surface area (Å²) in [5.41, 5.74) is 0.673. The zero-order valence-corrected chi connectivity index (χ0v) is 9.74. The highest BCUT2D eigenvalue weighted by Gasteiger charge is 2.22. The van der Waals surface area contributed by atoms with Crippen LogP contribution in [0.2, 0.25) is 0 Å². The number of nitrogens with zero attached hydrogens (tertiary/aromatic N) is 1. The second-order valence-electron chi connectivity index (χ2n) is 4.73. The van der Waals surface area contributed by atoms with E-state index in [0.29, 0.717) is 0 Å². The van der Waals surface area contributed by atoms with E-state index in [0.717, 1.165) is 5.56 Å². The van der Waals surface area contributed by atoms with Gasteiger partial charge in [-0.05, 0) is 18.6 Å². The fourth-order valence-corrected chi connectivity index (χ4v) is 1.13. The normalized spacial score (nSPS) is 13.3. The van der Waals surface area contributed by atoms with Gasteiger partial charge in [-0.15, -0.1) is 0 Å². The monoisotopic (exact) mass is 206 g/mol. The van der Waals surface area contributed by atoms with E-state index in [1.54, 1.807) is 12.4 Å². The molecule has 82 valence electrons. The minimum absolute atomic E-state index is 0.00502. The van der Waals surface area contributed by atoms with Crippen LogP contribution in [0.3, 0.4) is 0 Å². The lowest BCUT2D eigenvalue weighted by Gasteiger charge is -2.21. The Balaban J connectivity index is 2.65. The van der Waals surface area contributed by atoms with Crippen LogP contribution >= 0.6 is 0 Å². The van der Waals surface area contributed by atoms with E-state index in [1.807, 2.05) is 39.8 Å². The van der Waals surface area contributed by atoms with Crippen molar-refractivity contribution in [1.29, 1.82) is 0 Å². The zero-order valence-electron chi connectivity index (χ0n) is 9.74. The summed E-state index contributed by atoms with van der Waals surface area (Å²) in [4.78, 5) is 15.7. The molecule has 0 aliphatic heterocycles. The minimum atomic E-state index is -0.351. The summed E-state index contributed by atoms with van der Waals surface area (Å²) in [6.45, 7) is 7.66. The average Bonchev–Trinajstić information content (AvgIpc) is 2.17. The molecular weight excluding hydrogens is 188 g/mol. The molecule has 1 amide bonds. The fourth-order valence-electron chi connectivity index (χ4n) is 1.13. The van der Waals surface area contributed by atoms with Crippen LogP contribution < -0.4 is 5.32 Å². The summed E-state index contributed by atoms with van der Waals surface area (Å²) < 4.78 is 0. The highest BCUT2D eigenvalue weighted by molar-refractivity contribution is 5.81. The van der Waals surface area contributed by atoms with E-state index in [-0.39, 0.29) is 17.4 Å². The Bertz CT molecular complexity index is 327. The van der Waals surface area contributed by atoms with Gasteiger partial charge >= 0.3 is 0 Å². The number of nitrogens with one attached hydrogen (secondary N) is 1. The third-order valence-corrected chi connectivity index (χ3v) is 2.21. The van der Waals surface area contributed by atoms with Gasteiger partial charge in [0.25, 0.3) is 0 Å². The second kappa shape index (κ2) is 4.43. The molecule has 0 saturated carbocycles. The van der Waals surface area contributed by atoms with E-state index in [9.17, 15) is 4.79 Å². The molecule has 0 aliphatic carbocycles. The molecule has 0 saturated heterocycles. The lowest BCUT2D eigenvalue weighted by molar-refractivity contribution is -0.129. The Labute approximate surface area is 90.9 Å². The zero-order chi connectivity index (χ0) is 11.5. The van der Waals surface area contributed by atoms with Crippen molar-refractivity contribution in [2.75, 3.05) is 0 Å². The van der Waals surface area contributed by atoms with Gasteiger partial charge in [0.15, 0.2) is 0 Å². The second-order valence-corrected chi connectivity index (χ2v) is 4.73. The quantitative estimate of drug-likeness (QED) is 0.806. The molecule has 3 heteroatoms. The molecule has 1 rings (SSSR count). The first-order valence-electron chi connectivity index (χ1n) is 5.12. The molecule has 3 nitrogen and oxygen atoms in total. The highest BCUT2D eigenvalue weighted by atomic mass is 16.2. The molecule has 1 heterocycles. The maximum absolute atomic E-state index is 11.7. The van der Waals surface area contributed by atoms with Gasteiger partial charge in [0, 0.05) is 17.8 Å². The largest absolute Gasteiger partial charge is 0.349 e. The van der Waals surface area contributed by atoms with Crippen LogP contribution in [0.4, 0.5) is 0 Å². The summed E-state index contributed by atoms with van der Waals surface area (Å²) >= 11 is 0. The minimum Gasteiger partial charge on any atom is -0.349 e. The van der Waals surface area contributed by atoms with Gasteiger partial charge in [0.05, 0.1) is 6.04 Å². The summed E-state index contributed by atoms with van der Waals surface area (Å²) in [5.74, 6) is 0.0545. The summed E-state index contributed by atoms with van der Waals surface area (Å²) in [6.07, 6.45) is 3.50. The van der Waals surface area contributed by atoms with Crippen LogP contribution in [0.1, 0.15) is 39.3 Å². The molecule has 0 bridgehead atoms. The summed E-state index contributed by atoms with van der Waals surface area (Å²) in [7, 11) is 0. The van der Waals surface area contributed by atoms with Crippen molar-refractivity contribution in [2.24, 2.45) is 5.41 Å². The molecule has 0 aromatic carbocycles. The van der Waals surface area contributed by atoms with E-state index < -0.39 is 0 Å². The van der Waals surface area contributed by atoms with Gasteiger partial charge in [-0.1, -0.05) is 26.8 Å². The Kier molecular flexibility index (Phi) is 3.45. The number of aromatic nitrogens is 1. The van der Waals surface area contributed by atoms with E-state index >= 15 is 0 Å². The van der Waals surface area contributed by atoms with Crippen molar-refractivity contribution in [1.82, 2.24) is 10.3 Å². The molecule has 15 heavy (non-hydrogen) atoms. The van der Waals surface area contributed by atoms with Crippen LogP contribution in [0.5, 0.6) is 0 Å². The number of carbonyl (C=O) groups excluding carboxylic acids is 1. The van der Waals surface area contributed by atoms with E-state index in [2.05, 4.69) is 10.3 Å². The topological polar surface area (TPSA) is 42.0 Å². The first kappa shape index (κ1) is 11.7. The van der Waals surface area contributed by atoms with Crippen LogP contribution in [0.15, 0.2) is 24.5 Å². The van der Waals surface area contributed by atoms with E-state index in [1.165, 1.54) is 0 Å². The van der Waals surface area contributed by atoms with Crippen molar-refractivity contribution in [3.63, 3.8) is 0 Å². The van der Waals surface area contributed by atoms with Crippen molar-refractivity contribution >= 4 is 5.91 Å². The number of hydrogen-bond donors (Lipinski definition) is 1. The molecule has 0 aliphatic rings. The number of hydrogen-bond acceptors (Lipinski definition) is 2. The van der Waals surface area contributed by atoms with Gasteiger partial charge in [0.2, 0.25) is 5.91 Å². The predicted octanol–water partition coefficient (Wildman–Crippen LogP) is 2.30. The Morgan fingerprint density at radius 1 is 1.47 bits per heavy atom. The molecule has 0 spiro atoms. The number of pyridine rings is 1. The molecule has 1 atom stereocenters. The summed E-state index contributed by atoms with van der Waals surface area (Å²) in [6, 6.07) is 3.83. The van der Waals surface area contributed by atoms with Crippen LogP contribution in [0, 0.1) is 5.41 Å². The number of carbonyl (C=O) groups is 1. The Morgan fingerprint density at radius 3 is 2.60 bits per heavy atom. The maximum Gasteiger partial charge on any atom is 0.225 e. The van der Waals surface area contributed by atoms with Crippen LogP contribution in [-0.2, 0) is 4.79 Å². The standard InChI is InChI=1S/C12H18N2O/c1-9(10-6-5-7-13-8-10)14-11(15)12(2,3)4/h5-9H,1-4H3,(H,14,15)/t9-/m0/s1. The maximum atomic E-state index is 11.7. The summed E-state index contributed by atoms with van der Waals surface area (Å²) in [5, 5.41) is 2.96. The molecule has 0 fully saturated rings. The SMILES string of the molecule is C[C@H](NC(=O)C(C)(C)C)c1cccnc1. The molecule has 0 radical (unpaired) electrons. The van der Waals surface area contributed by atoms with Gasteiger partial charge in [0.1, 0.15) is 0 Å². The van der Waals surface area contributed by atoms with Gasteiger partial charge in [-0.3, -0.25) is 9.78 Å². The lowest BCUT2D eigenvalue weighted by atomic mass is 9.95. The van der Waals surface area contributed by atoms with Gasteiger partial charge in [-0.2, -0.15) is 0 Å². The van der Waals surface area contributed by atoms with Crippen molar-refractivity contribution in [3.8, 4) is 0 Å². The van der Waals surface area contributed by atoms with E-state index in [4.69, 9.17) is 0 Å². The van der Waals surface area contributed by atoms with Crippen LogP contribution in [-0.4, -0.2) is 10.9 Å². The molecule has 1 aromatic rings. The molecule has 1 N–H and O–H groups in total. The fraction of sp³-hybridized carbons (Fsp3) is 0.500. The smallest absolute Gasteiger partial charge is 0.225 e. The number of amides is 1. The Hall–Kier alpha value is -1.38. The molecule has 1 aromatic heterocycles. The van der Waals surface area contributed by atoms with Crippen molar-refractivity contribution < 1.29 is 4.79 Å².